The SMILES string of the molecule is CC(=O)O[C@@]12CO[C@@H]1C[C@H](O)[C@@]1(C)C(=O)[C@H](O)C3=C(C)[C@@H](OC(=O)C(NC(=O)OC(C)(C)C)C(O)c4ccccc4)C[C@@](O)([C@@H](OC(=O)c4ccccc4)[C@H]21)C3(C)C. The summed E-state index contributed by atoms with van der Waals surface area (Å²) in [6, 6.07) is 14.1. The van der Waals surface area contributed by atoms with Crippen LogP contribution in [0, 0.1) is 16.7 Å². The van der Waals surface area contributed by atoms with Crippen LogP contribution in [-0.4, -0.2) is 110 Å². The van der Waals surface area contributed by atoms with Crippen molar-refractivity contribution in [2.75, 3.05) is 6.61 Å². The molecule has 0 spiro atoms. The highest BCUT2D eigenvalue weighted by atomic mass is 16.6. The molecular weight excluding hydrogens is 754 g/mol. The smallest absolute Gasteiger partial charge is 0.408 e. The first kappa shape index (κ1) is 42.9. The summed E-state index contributed by atoms with van der Waals surface area (Å²) >= 11 is 0. The Morgan fingerprint density at radius 1 is 0.948 bits per heavy atom. The molecule has 1 saturated heterocycles. The van der Waals surface area contributed by atoms with Gasteiger partial charge in [-0.25, -0.2) is 14.4 Å². The fourth-order valence-corrected chi connectivity index (χ4v) is 9.53. The quantitative estimate of drug-likeness (QED) is 0.147. The molecule has 15 heteroatoms. The van der Waals surface area contributed by atoms with Crippen molar-refractivity contribution in [3.05, 3.63) is 82.9 Å². The number of hydrogen-bond acceptors (Lipinski definition) is 14. The molecule has 5 N–H and O–H groups in total. The molecule has 2 bridgehead atoms. The first-order valence-corrected chi connectivity index (χ1v) is 19.3. The molecule has 1 aliphatic heterocycles. The van der Waals surface area contributed by atoms with Gasteiger partial charge in [0.15, 0.2) is 17.4 Å². The summed E-state index contributed by atoms with van der Waals surface area (Å²) in [5.74, 6) is -5.29. The zero-order valence-corrected chi connectivity index (χ0v) is 33.9. The number of aliphatic hydroxyl groups is 4. The Balaban J connectivity index is 1.52. The summed E-state index contributed by atoms with van der Waals surface area (Å²) in [4.78, 5) is 69.4. The number of ether oxygens (including phenoxy) is 5. The Bertz CT molecular complexity index is 1980. The Hall–Kier alpha value is -4.67. The fourth-order valence-electron chi connectivity index (χ4n) is 9.53. The maximum absolute atomic E-state index is 15.0. The van der Waals surface area contributed by atoms with Crippen molar-refractivity contribution in [3.63, 3.8) is 0 Å². The molecule has 314 valence electrons. The lowest BCUT2D eigenvalue weighted by molar-refractivity contribution is -0.346. The Kier molecular flexibility index (Phi) is 11.2. The second-order valence-corrected chi connectivity index (χ2v) is 17.6. The van der Waals surface area contributed by atoms with Crippen molar-refractivity contribution in [2.24, 2.45) is 16.7 Å². The number of aliphatic hydroxyl groups excluding tert-OH is 3. The molecule has 1 amide bonds. The van der Waals surface area contributed by atoms with E-state index in [-0.39, 0.29) is 35.3 Å². The van der Waals surface area contributed by atoms with Gasteiger partial charge in [-0.1, -0.05) is 62.4 Å². The molecule has 2 saturated carbocycles. The van der Waals surface area contributed by atoms with Gasteiger partial charge in [-0.15, -0.1) is 0 Å². The molecule has 3 fully saturated rings. The number of esters is 3. The summed E-state index contributed by atoms with van der Waals surface area (Å²) in [5.41, 5.74) is -8.30. The predicted octanol–water partition coefficient (Wildman–Crippen LogP) is 3.26. The molecule has 2 aromatic carbocycles. The molecule has 11 atom stereocenters. The van der Waals surface area contributed by atoms with Gasteiger partial charge in [-0.2, -0.15) is 0 Å². The van der Waals surface area contributed by atoms with E-state index in [0.29, 0.717) is 0 Å². The zero-order chi connectivity index (χ0) is 42.7. The van der Waals surface area contributed by atoms with Crippen molar-refractivity contribution in [1.29, 1.82) is 0 Å². The molecule has 15 nitrogen and oxygen atoms in total. The number of Topliss-reactive ketones (excluding diaryl/α,β-unsaturated/α-hetero) is 1. The standard InChI is InChI=1S/C43H53NO14/c1-22-26(55-37(51)30(44-38(52)58-39(3,4)5)31(47)24-15-11-9-12-16-24)20-43(53)35(56-36(50)25-17-13-10-14-18-25)33-41(8,34(49)32(48)29(22)40(43,6)7)27(46)19-28-42(33,21-54-28)57-23(2)45/h9-18,26-28,30-33,35,46-48,53H,19-21H2,1-8H3,(H,44,52)/t26-,27-,28+,30?,31?,32+,33-,35-,41+,42-,43+/m0/s1. The van der Waals surface area contributed by atoms with Gasteiger partial charge in [0, 0.05) is 25.2 Å². The number of nitrogens with one attached hydrogen (secondary N) is 1. The number of carbonyl (C=O) groups excluding carboxylic acids is 5. The summed E-state index contributed by atoms with van der Waals surface area (Å²) in [7, 11) is 0. The number of carbonyl (C=O) groups is 5. The lowest BCUT2D eigenvalue weighted by Crippen LogP contribution is -2.81. The van der Waals surface area contributed by atoms with Gasteiger partial charge < -0.3 is 49.4 Å². The van der Waals surface area contributed by atoms with Crippen LogP contribution in [0.1, 0.15) is 90.3 Å². The molecule has 4 aliphatic rings. The van der Waals surface area contributed by atoms with E-state index in [1.54, 1.807) is 83.1 Å². The van der Waals surface area contributed by atoms with Crippen molar-refractivity contribution in [1.82, 2.24) is 5.32 Å². The molecule has 6 rings (SSSR count). The van der Waals surface area contributed by atoms with E-state index in [1.165, 1.54) is 26.0 Å². The maximum Gasteiger partial charge on any atom is 0.408 e. The molecule has 2 unspecified atom stereocenters. The van der Waals surface area contributed by atoms with E-state index in [2.05, 4.69) is 5.32 Å². The van der Waals surface area contributed by atoms with Crippen LogP contribution < -0.4 is 5.32 Å². The van der Waals surface area contributed by atoms with Gasteiger partial charge in [-0.05, 0) is 63.5 Å². The third-order valence-electron chi connectivity index (χ3n) is 12.6. The van der Waals surface area contributed by atoms with Crippen LogP contribution in [0.5, 0.6) is 0 Å². The van der Waals surface area contributed by atoms with Crippen LogP contribution in [0.15, 0.2) is 71.8 Å². The lowest BCUT2D eigenvalue weighted by Gasteiger charge is -2.67. The molecule has 58 heavy (non-hydrogen) atoms. The number of amides is 1. The number of hydrogen-bond donors (Lipinski definition) is 5. The molecular formula is C43H53NO14. The Morgan fingerprint density at radius 3 is 2.10 bits per heavy atom. The monoisotopic (exact) mass is 807 g/mol. The van der Waals surface area contributed by atoms with Gasteiger partial charge in [-0.3, -0.25) is 9.59 Å². The van der Waals surface area contributed by atoms with E-state index in [0.717, 1.165) is 6.92 Å². The highest BCUT2D eigenvalue weighted by Gasteiger charge is 2.78. The van der Waals surface area contributed by atoms with Crippen LogP contribution >= 0.6 is 0 Å². The number of alkyl carbamates (subject to hydrolysis) is 1. The maximum atomic E-state index is 15.0. The van der Waals surface area contributed by atoms with E-state index < -0.39 is 112 Å². The van der Waals surface area contributed by atoms with Crippen molar-refractivity contribution < 1.29 is 68.1 Å². The third kappa shape index (κ3) is 7.10. The second-order valence-electron chi connectivity index (χ2n) is 17.6. The number of ketones is 1. The molecule has 0 aromatic heterocycles. The minimum Gasteiger partial charge on any atom is -0.456 e. The van der Waals surface area contributed by atoms with Crippen molar-refractivity contribution >= 4 is 29.8 Å². The molecule has 1 heterocycles. The normalized spacial score (nSPS) is 33.7. The van der Waals surface area contributed by atoms with Crippen LogP contribution in [0.4, 0.5) is 4.79 Å². The topological polar surface area (TPSA) is 224 Å². The first-order valence-electron chi connectivity index (χ1n) is 19.3. The van der Waals surface area contributed by atoms with Crippen LogP contribution in [0.3, 0.4) is 0 Å². The Morgan fingerprint density at radius 2 is 1.55 bits per heavy atom. The number of benzene rings is 2. The number of fused-ring (bicyclic) bond motifs is 5. The number of rotatable bonds is 8. The lowest BCUT2D eigenvalue weighted by atomic mass is 9.44. The van der Waals surface area contributed by atoms with Crippen molar-refractivity contribution in [3.8, 4) is 0 Å². The van der Waals surface area contributed by atoms with Gasteiger partial charge in [0.05, 0.1) is 29.6 Å². The predicted molar refractivity (Wildman–Crippen MR) is 204 cm³/mol. The van der Waals surface area contributed by atoms with Gasteiger partial charge >= 0.3 is 24.0 Å². The van der Waals surface area contributed by atoms with E-state index in [9.17, 15) is 44.4 Å². The van der Waals surface area contributed by atoms with Gasteiger partial charge in [0.2, 0.25) is 0 Å². The average Bonchev–Trinajstić information content (AvgIpc) is 3.14. The minimum atomic E-state index is -2.36. The van der Waals surface area contributed by atoms with Crippen LogP contribution in [-0.2, 0) is 38.1 Å². The zero-order valence-electron chi connectivity index (χ0n) is 33.9. The van der Waals surface area contributed by atoms with Crippen molar-refractivity contribution in [2.45, 2.75) is 128 Å². The molecule has 0 radical (unpaired) electrons. The summed E-state index contributed by atoms with van der Waals surface area (Å²) in [5, 5.41) is 51.4. The molecule has 2 aromatic rings. The Labute approximate surface area is 336 Å². The highest BCUT2D eigenvalue weighted by Crippen LogP contribution is 2.64. The second kappa shape index (κ2) is 15.2. The van der Waals surface area contributed by atoms with E-state index >= 15 is 0 Å². The van der Waals surface area contributed by atoms with Crippen LogP contribution in [0.25, 0.3) is 0 Å². The van der Waals surface area contributed by atoms with Gasteiger partial charge in [0.25, 0.3) is 0 Å². The summed E-state index contributed by atoms with van der Waals surface area (Å²) in [6.07, 6.45) is -11.2. The fraction of sp³-hybridized carbons (Fsp3) is 0.558. The largest absolute Gasteiger partial charge is 0.456 e. The first-order chi connectivity index (χ1) is 27.0. The molecule has 3 aliphatic carbocycles. The van der Waals surface area contributed by atoms with Crippen LogP contribution in [0.2, 0.25) is 0 Å². The van der Waals surface area contributed by atoms with Gasteiger partial charge in [0.1, 0.15) is 41.7 Å². The third-order valence-corrected chi connectivity index (χ3v) is 12.6. The minimum absolute atomic E-state index is 0.0644. The average molecular weight is 808 g/mol. The summed E-state index contributed by atoms with van der Waals surface area (Å²) < 4.78 is 29.6. The summed E-state index contributed by atoms with van der Waals surface area (Å²) in [6.45, 7) is 11.7. The highest BCUT2D eigenvalue weighted by molar-refractivity contribution is 5.94. The van der Waals surface area contributed by atoms with E-state index in [1.807, 2.05) is 0 Å². The van der Waals surface area contributed by atoms with E-state index in [4.69, 9.17) is 23.7 Å².